The second kappa shape index (κ2) is 8.51. The molecule has 35 heavy (non-hydrogen) atoms. The van der Waals surface area contributed by atoms with Crippen LogP contribution in [-0.4, -0.2) is 15.9 Å². The van der Waals surface area contributed by atoms with E-state index in [2.05, 4.69) is 20.6 Å². The molecule has 2 heterocycles. The molecule has 0 unspecified atom stereocenters. The second-order valence-corrected chi connectivity index (χ2v) is 8.57. The Hall–Kier alpha value is -3.69. The van der Waals surface area contributed by atoms with Crippen molar-refractivity contribution in [3.05, 3.63) is 81.5 Å². The van der Waals surface area contributed by atoms with Crippen LogP contribution in [0.3, 0.4) is 0 Å². The molecule has 3 N–H and O–H groups in total. The molecule has 0 atom stereocenters. The predicted molar refractivity (Wildman–Crippen MR) is 130 cm³/mol. The summed E-state index contributed by atoms with van der Waals surface area (Å²) in [6, 6.07) is 12.7. The van der Waals surface area contributed by atoms with Gasteiger partial charge in [0, 0.05) is 11.1 Å². The zero-order valence-electron chi connectivity index (χ0n) is 17.8. The van der Waals surface area contributed by atoms with Crippen LogP contribution in [-0.2, 0) is 6.18 Å². The SMILES string of the molecule is Cc1cc2c(o1)c(C(=O)Nc1cccc(C(F)(F)F)c1)cc1nc(Nc3c(Cl)cccc3Cl)[nH]c12. The van der Waals surface area contributed by atoms with Crippen molar-refractivity contribution in [1.29, 1.82) is 0 Å². The molecule has 1 amide bonds. The Bertz CT molecular complexity index is 1590. The van der Waals surface area contributed by atoms with Gasteiger partial charge in [-0.2, -0.15) is 13.2 Å². The minimum atomic E-state index is -4.53. The first-order chi connectivity index (χ1) is 16.6. The van der Waals surface area contributed by atoms with E-state index in [4.69, 9.17) is 27.6 Å². The van der Waals surface area contributed by atoms with Gasteiger partial charge in [0.2, 0.25) is 5.95 Å². The Morgan fingerprint density at radius 3 is 2.49 bits per heavy atom. The standard InChI is InChI=1S/C24H15Cl2F3N4O2/c1-11-8-14-19-18(31-23(32-19)33-20-16(25)6-3-7-17(20)26)10-15(21(14)35-11)22(34)30-13-5-2-4-12(9-13)24(27,28)29/h2-10H,1H3,(H,30,34)(H2,31,32,33). The maximum absolute atomic E-state index is 13.1. The first kappa shape index (κ1) is 23.1. The predicted octanol–water partition coefficient (Wildman–Crippen LogP) is 7.94. The number of hydrogen-bond acceptors (Lipinski definition) is 4. The molecule has 5 rings (SSSR count). The summed E-state index contributed by atoms with van der Waals surface area (Å²) in [6.45, 7) is 1.72. The van der Waals surface area contributed by atoms with Gasteiger partial charge in [-0.15, -0.1) is 0 Å². The number of nitrogens with zero attached hydrogens (tertiary/aromatic N) is 1. The summed E-state index contributed by atoms with van der Waals surface area (Å²) in [4.78, 5) is 20.7. The molecule has 0 saturated heterocycles. The zero-order chi connectivity index (χ0) is 24.9. The fourth-order valence-corrected chi connectivity index (χ4v) is 4.23. The normalized spacial score (nSPS) is 11.8. The van der Waals surface area contributed by atoms with Crippen LogP contribution in [0.25, 0.3) is 22.0 Å². The summed E-state index contributed by atoms with van der Waals surface area (Å²) in [5.74, 6) is 0.224. The van der Waals surface area contributed by atoms with E-state index in [1.54, 1.807) is 31.2 Å². The van der Waals surface area contributed by atoms with E-state index in [1.807, 2.05) is 0 Å². The molecule has 0 saturated carbocycles. The number of aryl methyl sites for hydroxylation is 1. The third-order valence-electron chi connectivity index (χ3n) is 5.28. The zero-order valence-corrected chi connectivity index (χ0v) is 19.4. The minimum absolute atomic E-state index is 0.000838. The highest BCUT2D eigenvalue weighted by atomic mass is 35.5. The van der Waals surface area contributed by atoms with Crippen molar-refractivity contribution in [2.45, 2.75) is 13.1 Å². The Kier molecular flexibility index (Phi) is 5.61. The summed E-state index contributed by atoms with van der Waals surface area (Å²) >= 11 is 12.5. The van der Waals surface area contributed by atoms with Gasteiger partial charge in [-0.1, -0.05) is 35.3 Å². The number of aromatic amines is 1. The van der Waals surface area contributed by atoms with Gasteiger partial charge in [0.1, 0.15) is 11.3 Å². The lowest BCUT2D eigenvalue weighted by Crippen LogP contribution is -2.13. The van der Waals surface area contributed by atoms with Crippen LogP contribution in [0.2, 0.25) is 10.0 Å². The van der Waals surface area contributed by atoms with E-state index >= 15 is 0 Å². The van der Waals surface area contributed by atoms with Gasteiger partial charge >= 0.3 is 6.18 Å². The van der Waals surface area contributed by atoms with Crippen LogP contribution >= 0.6 is 23.2 Å². The molecule has 178 valence electrons. The molecule has 0 radical (unpaired) electrons. The number of aromatic nitrogens is 2. The fraction of sp³-hybridized carbons (Fsp3) is 0.0833. The van der Waals surface area contributed by atoms with Crippen LogP contribution < -0.4 is 10.6 Å². The molecule has 0 fully saturated rings. The number of anilines is 3. The van der Waals surface area contributed by atoms with Crippen molar-refractivity contribution < 1.29 is 22.4 Å². The molecule has 0 aliphatic carbocycles. The van der Waals surface area contributed by atoms with E-state index in [0.717, 1.165) is 12.1 Å². The van der Waals surface area contributed by atoms with Crippen LogP contribution in [0.5, 0.6) is 0 Å². The molecule has 0 aliphatic heterocycles. The lowest BCUT2D eigenvalue weighted by molar-refractivity contribution is -0.137. The van der Waals surface area contributed by atoms with Crippen LogP contribution in [0.1, 0.15) is 21.7 Å². The molecule has 0 aliphatic rings. The summed E-state index contributed by atoms with van der Waals surface area (Å²) in [7, 11) is 0. The Balaban J connectivity index is 1.55. The molecule has 6 nitrogen and oxygen atoms in total. The number of alkyl halides is 3. The third-order valence-corrected chi connectivity index (χ3v) is 5.91. The number of nitrogens with one attached hydrogen (secondary N) is 3. The number of H-pyrrole nitrogens is 1. The average molecular weight is 519 g/mol. The second-order valence-electron chi connectivity index (χ2n) is 7.76. The number of carbonyl (C=O) groups excluding carboxylic acids is 1. The number of halogens is 5. The van der Waals surface area contributed by atoms with E-state index in [9.17, 15) is 18.0 Å². The van der Waals surface area contributed by atoms with Crippen molar-refractivity contribution in [3.8, 4) is 0 Å². The van der Waals surface area contributed by atoms with Crippen molar-refractivity contribution in [1.82, 2.24) is 9.97 Å². The number of rotatable bonds is 4. The van der Waals surface area contributed by atoms with Crippen LogP contribution in [0.4, 0.5) is 30.5 Å². The van der Waals surface area contributed by atoms with Gasteiger partial charge in [0.15, 0.2) is 0 Å². The molecule has 2 aromatic heterocycles. The minimum Gasteiger partial charge on any atom is -0.460 e. The Morgan fingerprint density at radius 1 is 1.06 bits per heavy atom. The largest absolute Gasteiger partial charge is 0.460 e. The van der Waals surface area contributed by atoms with Gasteiger partial charge in [-0.05, 0) is 49.4 Å². The van der Waals surface area contributed by atoms with E-state index in [0.29, 0.717) is 43.9 Å². The Labute approximate surface area is 206 Å². The maximum atomic E-state index is 13.1. The number of amides is 1. The summed E-state index contributed by atoms with van der Waals surface area (Å²) < 4.78 is 44.9. The van der Waals surface area contributed by atoms with E-state index < -0.39 is 17.6 Å². The lowest BCUT2D eigenvalue weighted by atomic mass is 10.1. The molecule has 5 aromatic rings. The number of furan rings is 1. The van der Waals surface area contributed by atoms with Crippen molar-refractivity contribution in [2.75, 3.05) is 10.6 Å². The number of imidazole rings is 1. The molecular weight excluding hydrogens is 504 g/mol. The van der Waals surface area contributed by atoms with Gasteiger partial charge in [0.25, 0.3) is 5.91 Å². The first-order valence-electron chi connectivity index (χ1n) is 10.2. The van der Waals surface area contributed by atoms with Crippen molar-refractivity contribution >= 4 is 68.4 Å². The quantitative estimate of drug-likeness (QED) is 0.225. The smallest absolute Gasteiger partial charge is 0.416 e. The highest BCUT2D eigenvalue weighted by molar-refractivity contribution is 6.39. The van der Waals surface area contributed by atoms with Crippen molar-refractivity contribution in [3.63, 3.8) is 0 Å². The Morgan fingerprint density at radius 2 is 1.77 bits per heavy atom. The molecule has 0 spiro atoms. The first-order valence-corrected chi connectivity index (χ1v) is 11.0. The van der Waals surface area contributed by atoms with E-state index in [1.165, 1.54) is 18.2 Å². The number of fused-ring (bicyclic) bond motifs is 3. The molecular formula is C24H15Cl2F3N4O2. The average Bonchev–Trinajstić information content (AvgIpc) is 3.37. The monoisotopic (exact) mass is 518 g/mol. The summed E-state index contributed by atoms with van der Waals surface area (Å²) in [6.07, 6.45) is -4.53. The number of benzene rings is 3. The van der Waals surface area contributed by atoms with Crippen LogP contribution in [0, 0.1) is 6.92 Å². The third kappa shape index (κ3) is 4.40. The maximum Gasteiger partial charge on any atom is 0.416 e. The molecule has 0 bridgehead atoms. The van der Waals surface area contributed by atoms with Gasteiger partial charge in [-0.3, -0.25) is 4.79 Å². The highest BCUT2D eigenvalue weighted by Crippen LogP contribution is 2.35. The van der Waals surface area contributed by atoms with Gasteiger partial charge in [-0.25, -0.2) is 4.98 Å². The van der Waals surface area contributed by atoms with Gasteiger partial charge < -0.3 is 20.0 Å². The lowest BCUT2D eigenvalue weighted by Gasteiger charge is -2.10. The van der Waals surface area contributed by atoms with Crippen LogP contribution in [0.15, 0.2) is 59.0 Å². The number of hydrogen-bond donors (Lipinski definition) is 3. The summed E-state index contributed by atoms with van der Waals surface area (Å²) in [5, 5.41) is 6.92. The van der Waals surface area contributed by atoms with E-state index in [-0.39, 0.29) is 16.8 Å². The molecule has 11 heteroatoms. The molecule has 3 aromatic carbocycles. The highest BCUT2D eigenvalue weighted by Gasteiger charge is 2.30. The van der Waals surface area contributed by atoms with Crippen molar-refractivity contribution in [2.24, 2.45) is 0 Å². The topological polar surface area (TPSA) is 82.9 Å². The summed E-state index contributed by atoms with van der Waals surface area (Å²) in [5.41, 5.74) is 0.996. The fourth-order valence-electron chi connectivity index (χ4n) is 3.73. The number of carbonyl (C=O) groups is 1. The number of para-hydroxylation sites is 1. The van der Waals surface area contributed by atoms with Gasteiger partial charge in [0.05, 0.1) is 37.9 Å².